The Morgan fingerprint density at radius 2 is 1.68 bits per heavy atom. The Balaban J connectivity index is 1.51. The molecule has 0 saturated carbocycles. The minimum absolute atomic E-state index is 0.0708. The number of amides is 2. The molecular weight excluding hydrogens is 404 g/mol. The number of hydrogen-bond acceptors (Lipinski definition) is 3. The van der Waals surface area contributed by atoms with Crippen LogP contribution in [-0.4, -0.2) is 17.6 Å². The fourth-order valence-electron chi connectivity index (χ4n) is 3.73. The average molecular weight is 431 g/mol. The first-order valence-corrected chi connectivity index (χ1v) is 11.5. The minimum atomic E-state index is -0.122. The molecule has 2 amide bonds. The highest BCUT2D eigenvalue weighted by Gasteiger charge is 2.34. The number of carbonyl (C=O) groups excluding carboxylic acids is 2. The molecule has 1 N–H and O–H groups in total. The molecule has 0 aromatic heterocycles. The van der Waals surface area contributed by atoms with Gasteiger partial charge in [0.1, 0.15) is 5.37 Å². The topological polar surface area (TPSA) is 49.4 Å². The Hall–Kier alpha value is -3.05. The molecular formula is C26H26N2O2S. The van der Waals surface area contributed by atoms with Gasteiger partial charge in [-0.25, -0.2) is 0 Å². The first kappa shape index (κ1) is 21.2. The summed E-state index contributed by atoms with van der Waals surface area (Å²) in [6.07, 6.45) is 0. The van der Waals surface area contributed by atoms with Crippen molar-refractivity contribution in [2.75, 3.05) is 16.0 Å². The second-order valence-corrected chi connectivity index (χ2v) is 9.13. The third kappa shape index (κ3) is 4.52. The van der Waals surface area contributed by atoms with Gasteiger partial charge in [-0.2, -0.15) is 0 Å². The minimum Gasteiger partial charge on any atom is -0.322 e. The van der Waals surface area contributed by atoms with Crippen LogP contribution in [-0.2, 0) is 4.79 Å². The number of nitrogens with one attached hydrogen (secondary N) is 1. The van der Waals surface area contributed by atoms with E-state index in [1.165, 1.54) is 5.56 Å². The molecule has 31 heavy (non-hydrogen) atoms. The highest BCUT2D eigenvalue weighted by molar-refractivity contribution is 8.00. The van der Waals surface area contributed by atoms with Gasteiger partial charge in [0, 0.05) is 16.9 Å². The first-order chi connectivity index (χ1) is 14.9. The molecule has 0 aliphatic carbocycles. The number of carbonyl (C=O) groups is 2. The quantitative estimate of drug-likeness (QED) is 0.528. The molecule has 1 atom stereocenters. The molecule has 1 unspecified atom stereocenters. The predicted molar refractivity (Wildman–Crippen MR) is 129 cm³/mol. The monoisotopic (exact) mass is 430 g/mol. The third-order valence-corrected chi connectivity index (χ3v) is 6.76. The molecule has 0 bridgehead atoms. The van der Waals surface area contributed by atoms with Crippen LogP contribution in [0.3, 0.4) is 0 Å². The summed E-state index contributed by atoms with van der Waals surface area (Å²) in [5.74, 6) is 0.908. The van der Waals surface area contributed by atoms with Gasteiger partial charge in [-0.15, -0.1) is 11.8 Å². The SMILES string of the molecule is Cc1ccccc1C(=O)Nc1ccc(C2SCC(=O)N2c2ccc(C(C)C)cc2)cc1. The molecule has 158 valence electrons. The predicted octanol–water partition coefficient (Wildman–Crippen LogP) is 6.15. The van der Waals surface area contributed by atoms with Gasteiger partial charge in [0.2, 0.25) is 5.91 Å². The van der Waals surface area contributed by atoms with Gasteiger partial charge in [-0.1, -0.05) is 56.3 Å². The van der Waals surface area contributed by atoms with Crippen molar-refractivity contribution < 1.29 is 9.59 Å². The van der Waals surface area contributed by atoms with E-state index in [9.17, 15) is 9.59 Å². The van der Waals surface area contributed by atoms with Crippen molar-refractivity contribution >= 4 is 35.0 Å². The van der Waals surface area contributed by atoms with Crippen LogP contribution in [0.25, 0.3) is 0 Å². The summed E-state index contributed by atoms with van der Waals surface area (Å²) in [7, 11) is 0. The lowest BCUT2D eigenvalue weighted by Crippen LogP contribution is -2.27. The van der Waals surface area contributed by atoms with Crippen molar-refractivity contribution in [3.8, 4) is 0 Å². The number of rotatable bonds is 5. The number of aryl methyl sites for hydroxylation is 1. The number of thioether (sulfide) groups is 1. The summed E-state index contributed by atoms with van der Waals surface area (Å²) in [6, 6.07) is 23.5. The van der Waals surface area contributed by atoms with Gasteiger partial charge in [0.05, 0.1) is 5.75 Å². The van der Waals surface area contributed by atoms with Crippen molar-refractivity contribution in [1.82, 2.24) is 0 Å². The zero-order chi connectivity index (χ0) is 22.0. The lowest BCUT2D eigenvalue weighted by molar-refractivity contribution is -0.115. The fourth-order valence-corrected chi connectivity index (χ4v) is 4.90. The van der Waals surface area contributed by atoms with Gasteiger partial charge in [-0.05, 0) is 59.9 Å². The van der Waals surface area contributed by atoms with Gasteiger partial charge in [0.15, 0.2) is 0 Å². The molecule has 1 aliphatic rings. The van der Waals surface area contributed by atoms with Crippen LogP contribution < -0.4 is 10.2 Å². The van der Waals surface area contributed by atoms with E-state index in [1.807, 2.05) is 72.5 Å². The molecule has 4 nitrogen and oxygen atoms in total. The molecule has 1 heterocycles. The van der Waals surface area contributed by atoms with Crippen LogP contribution >= 0.6 is 11.8 Å². The van der Waals surface area contributed by atoms with Gasteiger partial charge < -0.3 is 5.32 Å². The summed E-state index contributed by atoms with van der Waals surface area (Å²) in [5, 5.41) is 2.89. The molecule has 3 aromatic rings. The highest BCUT2D eigenvalue weighted by Crippen LogP contribution is 2.42. The number of hydrogen-bond donors (Lipinski definition) is 1. The Morgan fingerprint density at radius 1 is 1.00 bits per heavy atom. The summed E-state index contributed by atoms with van der Waals surface area (Å²) >= 11 is 1.62. The Kier molecular flexibility index (Phi) is 6.14. The first-order valence-electron chi connectivity index (χ1n) is 10.4. The number of anilines is 2. The van der Waals surface area contributed by atoms with Crippen molar-refractivity contribution in [1.29, 1.82) is 0 Å². The van der Waals surface area contributed by atoms with E-state index in [0.29, 0.717) is 17.2 Å². The van der Waals surface area contributed by atoms with E-state index in [2.05, 4.69) is 31.3 Å². The fraction of sp³-hybridized carbons (Fsp3) is 0.231. The molecule has 1 fully saturated rings. The molecule has 1 saturated heterocycles. The lowest BCUT2D eigenvalue weighted by Gasteiger charge is -2.25. The van der Waals surface area contributed by atoms with Crippen LogP contribution in [0, 0.1) is 6.92 Å². The van der Waals surface area contributed by atoms with Crippen LogP contribution in [0.15, 0.2) is 72.8 Å². The van der Waals surface area contributed by atoms with Crippen LogP contribution in [0.4, 0.5) is 11.4 Å². The van der Waals surface area contributed by atoms with E-state index in [-0.39, 0.29) is 17.2 Å². The lowest BCUT2D eigenvalue weighted by atomic mass is 10.0. The van der Waals surface area contributed by atoms with Crippen molar-refractivity contribution in [2.45, 2.75) is 32.1 Å². The standard InChI is InChI=1S/C26H26N2O2S/c1-17(2)19-10-14-22(15-11-19)28-24(29)16-31-26(28)20-8-12-21(13-9-20)27-25(30)23-7-5-4-6-18(23)3/h4-15,17,26H,16H2,1-3H3,(H,27,30). The van der Waals surface area contributed by atoms with Crippen LogP contribution in [0.5, 0.6) is 0 Å². The van der Waals surface area contributed by atoms with E-state index in [4.69, 9.17) is 0 Å². The zero-order valence-corrected chi connectivity index (χ0v) is 18.8. The molecule has 3 aromatic carbocycles. The van der Waals surface area contributed by atoms with Crippen molar-refractivity contribution in [3.05, 3.63) is 95.1 Å². The average Bonchev–Trinajstić information content (AvgIpc) is 3.16. The van der Waals surface area contributed by atoms with E-state index < -0.39 is 0 Å². The smallest absolute Gasteiger partial charge is 0.255 e. The molecule has 0 spiro atoms. The van der Waals surface area contributed by atoms with Gasteiger partial charge in [-0.3, -0.25) is 14.5 Å². The van der Waals surface area contributed by atoms with E-state index in [0.717, 1.165) is 22.5 Å². The Morgan fingerprint density at radius 3 is 2.32 bits per heavy atom. The molecule has 5 heteroatoms. The summed E-state index contributed by atoms with van der Waals surface area (Å²) in [4.78, 5) is 27.1. The van der Waals surface area contributed by atoms with Crippen LogP contribution in [0.2, 0.25) is 0 Å². The molecule has 4 rings (SSSR count). The van der Waals surface area contributed by atoms with Gasteiger partial charge in [0.25, 0.3) is 5.91 Å². The number of benzene rings is 3. The second kappa shape index (κ2) is 8.98. The maximum atomic E-state index is 12.6. The van der Waals surface area contributed by atoms with Crippen LogP contribution in [0.1, 0.15) is 52.2 Å². The summed E-state index contributed by atoms with van der Waals surface area (Å²) in [6.45, 7) is 6.25. The summed E-state index contributed by atoms with van der Waals surface area (Å²) < 4.78 is 0. The maximum absolute atomic E-state index is 12.6. The van der Waals surface area contributed by atoms with Gasteiger partial charge >= 0.3 is 0 Å². The van der Waals surface area contributed by atoms with E-state index in [1.54, 1.807) is 11.8 Å². The van der Waals surface area contributed by atoms with E-state index >= 15 is 0 Å². The molecule has 1 aliphatic heterocycles. The molecule has 0 radical (unpaired) electrons. The zero-order valence-electron chi connectivity index (χ0n) is 18.0. The van der Waals surface area contributed by atoms with Crippen molar-refractivity contribution in [3.63, 3.8) is 0 Å². The Labute approximate surface area is 187 Å². The largest absolute Gasteiger partial charge is 0.322 e. The third-order valence-electron chi connectivity index (χ3n) is 5.55. The normalized spacial score (nSPS) is 16.1. The maximum Gasteiger partial charge on any atom is 0.255 e. The summed E-state index contributed by atoms with van der Waals surface area (Å²) in [5.41, 5.74) is 5.56. The second-order valence-electron chi connectivity index (χ2n) is 8.06. The highest BCUT2D eigenvalue weighted by atomic mass is 32.2. The van der Waals surface area contributed by atoms with Crippen molar-refractivity contribution in [2.24, 2.45) is 0 Å². The number of nitrogens with zero attached hydrogens (tertiary/aromatic N) is 1. The Bertz CT molecular complexity index is 1090.